The molecule has 2 aromatic carbocycles. The molecule has 1 amide bonds. The van der Waals surface area contributed by atoms with Crippen molar-refractivity contribution >= 4 is 28.9 Å². The number of likely N-dealkylation sites (N-methyl/N-ethyl adjacent to an activating group) is 1. The normalized spacial score (nSPS) is 14.2. The number of hydrogen-bond donors (Lipinski definition) is 1. The van der Waals surface area contributed by atoms with Crippen LogP contribution in [0, 0.1) is 11.3 Å². The van der Waals surface area contributed by atoms with E-state index >= 15 is 0 Å². The van der Waals surface area contributed by atoms with Crippen molar-refractivity contribution in [3.8, 4) is 17.6 Å². The first-order valence-electron chi connectivity index (χ1n) is 9.24. The van der Waals surface area contributed by atoms with E-state index in [-0.39, 0.29) is 12.5 Å². The molecule has 0 unspecified atom stereocenters. The largest absolute Gasteiger partial charge is 0.493 e. The molecule has 1 heterocycles. The van der Waals surface area contributed by atoms with Gasteiger partial charge in [-0.15, -0.1) is 0 Å². The van der Waals surface area contributed by atoms with Crippen molar-refractivity contribution in [3.63, 3.8) is 0 Å². The van der Waals surface area contributed by atoms with Gasteiger partial charge in [-0.25, -0.2) is 0 Å². The highest BCUT2D eigenvalue weighted by Crippen LogP contribution is 2.31. The fraction of sp³-hybridized carbons (Fsp3) is 0.333. The van der Waals surface area contributed by atoms with Crippen molar-refractivity contribution < 1.29 is 14.3 Å². The zero-order valence-electron chi connectivity index (χ0n) is 16.4. The molecule has 3 rings (SSSR count). The smallest absolute Gasteiger partial charge is 0.262 e. The van der Waals surface area contributed by atoms with E-state index < -0.39 is 0 Å². The number of hydrogen-bond acceptors (Lipinski definition) is 6. The molecule has 0 aromatic heterocycles. The van der Waals surface area contributed by atoms with Crippen molar-refractivity contribution in [1.29, 1.82) is 5.26 Å². The minimum absolute atomic E-state index is 0.197. The van der Waals surface area contributed by atoms with Crippen molar-refractivity contribution in [2.45, 2.75) is 0 Å². The third-order valence-electron chi connectivity index (χ3n) is 4.73. The van der Waals surface area contributed by atoms with E-state index in [2.05, 4.69) is 22.2 Å². The minimum Gasteiger partial charge on any atom is -0.493 e. The number of methoxy groups -OCH3 is 1. The Hall–Kier alpha value is -2.95. The lowest BCUT2D eigenvalue weighted by Gasteiger charge is -2.35. The van der Waals surface area contributed by atoms with Gasteiger partial charge in [0.15, 0.2) is 18.1 Å². The van der Waals surface area contributed by atoms with Crippen molar-refractivity contribution in [2.75, 3.05) is 57.2 Å². The van der Waals surface area contributed by atoms with Crippen LogP contribution in [-0.2, 0) is 4.79 Å². The second kappa shape index (κ2) is 9.50. The van der Waals surface area contributed by atoms with Crippen LogP contribution in [0.3, 0.4) is 0 Å². The molecule has 2 aromatic rings. The van der Waals surface area contributed by atoms with Crippen LogP contribution < -0.4 is 19.7 Å². The van der Waals surface area contributed by atoms with Crippen LogP contribution in [0.15, 0.2) is 36.4 Å². The number of carbonyl (C=O) groups excluding carboxylic acids is 1. The lowest BCUT2D eigenvalue weighted by molar-refractivity contribution is -0.118. The number of piperazine rings is 1. The summed E-state index contributed by atoms with van der Waals surface area (Å²) in [5, 5.41) is 12.4. The molecule has 0 spiro atoms. The Labute approximate surface area is 175 Å². The minimum atomic E-state index is -0.311. The molecule has 8 heteroatoms. The van der Waals surface area contributed by atoms with Gasteiger partial charge in [-0.1, -0.05) is 11.6 Å². The number of halogens is 1. The van der Waals surface area contributed by atoms with Gasteiger partial charge < -0.3 is 24.6 Å². The average Bonchev–Trinajstić information content (AvgIpc) is 2.73. The number of benzene rings is 2. The Morgan fingerprint density at radius 1 is 1.17 bits per heavy atom. The maximum absolute atomic E-state index is 12.5. The summed E-state index contributed by atoms with van der Waals surface area (Å²) in [6, 6.07) is 12.3. The van der Waals surface area contributed by atoms with E-state index in [0.29, 0.717) is 27.8 Å². The Balaban J connectivity index is 1.68. The molecule has 7 nitrogen and oxygen atoms in total. The third kappa shape index (κ3) is 5.31. The molecule has 0 radical (unpaired) electrons. The molecular weight excluding hydrogens is 392 g/mol. The molecule has 0 atom stereocenters. The first kappa shape index (κ1) is 20.8. The van der Waals surface area contributed by atoms with Gasteiger partial charge in [0, 0.05) is 37.3 Å². The Morgan fingerprint density at radius 2 is 1.93 bits per heavy atom. The van der Waals surface area contributed by atoms with Gasteiger partial charge in [0.25, 0.3) is 5.91 Å². The standard InChI is InChI=1S/C21H23ClN4O3/c1-25-7-9-26(10-8-25)18-5-4-16(22)12-17(18)24-21(27)14-29-19-6-3-15(13-23)11-20(19)28-2/h3-6,11-12H,7-10,14H2,1-2H3,(H,24,27). The highest BCUT2D eigenvalue weighted by molar-refractivity contribution is 6.31. The van der Waals surface area contributed by atoms with E-state index in [9.17, 15) is 4.79 Å². The summed E-state index contributed by atoms with van der Waals surface area (Å²) < 4.78 is 10.8. The van der Waals surface area contributed by atoms with Gasteiger partial charge in [0.2, 0.25) is 0 Å². The molecule has 29 heavy (non-hydrogen) atoms. The van der Waals surface area contributed by atoms with Gasteiger partial charge in [0.1, 0.15) is 0 Å². The molecular formula is C21H23ClN4O3. The van der Waals surface area contributed by atoms with Gasteiger partial charge >= 0.3 is 0 Å². The number of amides is 1. The van der Waals surface area contributed by atoms with E-state index in [1.807, 2.05) is 18.2 Å². The van der Waals surface area contributed by atoms with Gasteiger partial charge in [0.05, 0.1) is 30.1 Å². The lowest BCUT2D eigenvalue weighted by atomic mass is 10.2. The zero-order chi connectivity index (χ0) is 20.8. The molecule has 1 aliphatic heterocycles. The number of carbonyl (C=O) groups is 1. The molecule has 1 saturated heterocycles. The van der Waals surface area contributed by atoms with Crippen molar-refractivity contribution in [3.05, 3.63) is 47.0 Å². The van der Waals surface area contributed by atoms with Crippen LogP contribution in [0.25, 0.3) is 0 Å². The molecule has 1 N–H and O–H groups in total. The molecule has 0 bridgehead atoms. The number of anilines is 2. The van der Waals surface area contributed by atoms with Crippen LogP contribution in [0.5, 0.6) is 11.5 Å². The second-order valence-corrected chi connectivity index (χ2v) is 7.20. The number of nitrogens with zero attached hydrogens (tertiary/aromatic N) is 3. The highest BCUT2D eigenvalue weighted by Gasteiger charge is 2.19. The van der Waals surface area contributed by atoms with Crippen LogP contribution >= 0.6 is 11.6 Å². The molecule has 0 saturated carbocycles. The van der Waals surface area contributed by atoms with Crippen LogP contribution in [0.1, 0.15) is 5.56 Å². The van der Waals surface area contributed by atoms with Gasteiger partial charge in [-0.2, -0.15) is 5.26 Å². The lowest BCUT2D eigenvalue weighted by Crippen LogP contribution is -2.44. The van der Waals surface area contributed by atoms with Crippen LogP contribution in [0.2, 0.25) is 5.02 Å². The summed E-state index contributed by atoms with van der Waals surface area (Å²) in [5.41, 5.74) is 2.05. The first-order valence-corrected chi connectivity index (χ1v) is 9.62. The molecule has 1 aliphatic rings. The van der Waals surface area contributed by atoms with E-state index in [0.717, 1.165) is 31.9 Å². The summed E-state index contributed by atoms with van der Waals surface area (Å²) in [6.45, 7) is 3.46. The fourth-order valence-electron chi connectivity index (χ4n) is 3.12. The number of ether oxygens (including phenoxy) is 2. The van der Waals surface area contributed by atoms with Crippen LogP contribution in [0.4, 0.5) is 11.4 Å². The molecule has 1 fully saturated rings. The Kier molecular flexibility index (Phi) is 6.81. The second-order valence-electron chi connectivity index (χ2n) is 6.77. The monoisotopic (exact) mass is 414 g/mol. The van der Waals surface area contributed by atoms with Crippen LogP contribution in [-0.4, -0.2) is 57.8 Å². The fourth-order valence-corrected chi connectivity index (χ4v) is 3.29. The maximum atomic E-state index is 12.5. The third-order valence-corrected chi connectivity index (χ3v) is 4.96. The summed E-state index contributed by atoms with van der Waals surface area (Å²) in [5.74, 6) is 0.485. The van der Waals surface area contributed by atoms with Gasteiger partial charge in [-0.05, 0) is 37.4 Å². The Morgan fingerprint density at radius 3 is 2.62 bits per heavy atom. The van der Waals surface area contributed by atoms with Crippen molar-refractivity contribution in [1.82, 2.24) is 4.90 Å². The van der Waals surface area contributed by atoms with Gasteiger partial charge in [-0.3, -0.25) is 4.79 Å². The molecule has 152 valence electrons. The summed E-state index contributed by atoms with van der Waals surface area (Å²) >= 11 is 6.15. The average molecular weight is 415 g/mol. The number of nitriles is 1. The quantitative estimate of drug-likeness (QED) is 0.783. The first-order chi connectivity index (χ1) is 14.0. The van der Waals surface area contributed by atoms with Crippen molar-refractivity contribution in [2.24, 2.45) is 0 Å². The summed E-state index contributed by atoms with van der Waals surface area (Å²) in [6.07, 6.45) is 0. The van der Waals surface area contributed by atoms with E-state index in [1.54, 1.807) is 24.3 Å². The van der Waals surface area contributed by atoms with E-state index in [1.165, 1.54) is 7.11 Å². The molecule has 0 aliphatic carbocycles. The summed E-state index contributed by atoms with van der Waals surface area (Å²) in [4.78, 5) is 17.0. The topological polar surface area (TPSA) is 77.8 Å². The summed E-state index contributed by atoms with van der Waals surface area (Å²) in [7, 11) is 3.58. The zero-order valence-corrected chi connectivity index (χ0v) is 17.2. The SMILES string of the molecule is COc1cc(C#N)ccc1OCC(=O)Nc1cc(Cl)ccc1N1CCN(C)CC1. The maximum Gasteiger partial charge on any atom is 0.262 e. The Bertz CT molecular complexity index is 921. The predicted molar refractivity (Wildman–Crippen MR) is 113 cm³/mol. The number of nitrogens with one attached hydrogen (secondary N) is 1. The highest BCUT2D eigenvalue weighted by atomic mass is 35.5. The van der Waals surface area contributed by atoms with E-state index in [4.69, 9.17) is 26.3 Å². The predicted octanol–water partition coefficient (Wildman–Crippen LogP) is 2.99. The number of rotatable bonds is 6.